The molecule has 1 heterocycles. The number of aromatic nitrogens is 2. The van der Waals surface area contributed by atoms with Crippen molar-refractivity contribution < 1.29 is 9.53 Å². The third-order valence-corrected chi connectivity index (χ3v) is 5.47. The zero-order valence-corrected chi connectivity index (χ0v) is 16.9. The van der Waals surface area contributed by atoms with E-state index in [0.29, 0.717) is 16.6 Å². The van der Waals surface area contributed by atoms with Crippen LogP contribution in [0, 0.1) is 0 Å². The molecule has 0 atom stereocenters. The maximum atomic E-state index is 13.1. The van der Waals surface area contributed by atoms with Gasteiger partial charge < -0.3 is 10.1 Å². The number of rotatable bonds is 5. The molecule has 0 saturated carbocycles. The fourth-order valence-corrected chi connectivity index (χ4v) is 3.99. The molecule has 3 aromatic carbocycles. The number of aryl methyl sites for hydroxylation is 2. The summed E-state index contributed by atoms with van der Waals surface area (Å²) in [6, 6.07) is 22.3. The van der Waals surface area contributed by atoms with Crippen LogP contribution in [0.3, 0.4) is 0 Å². The summed E-state index contributed by atoms with van der Waals surface area (Å²) in [5.74, 6) is -0.306. The second kappa shape index (κ2) is 8.07. The van der Waals surface area contributed by atoms with Gasteiger partial charge in [0, 0.05) is 5.69 Å². The first kappa shape index (κ1) is 19.1. The number of carbonyl (C=O) groups is 1. The van der Waals surface area contributed by atoms with Crippen LogP contribution in [0.1, 0.15) is 17.5 Å². The van der Waals surface area contributed by atoms with Gasteiger partial charge in [-0.25, -0.2) is 4.57 Å². The molecule has 0 saturated heterocycles. The predicted octanol–water partition coefficient (Wildman–Crippen LogP) is 3.89. The first-order valence-corrected chi connectivity index (χ1v) is 10.3. The molecule has 1 N–H and O–H groups in total. The number of anilines is 1. The normalized spacial score (nSPS) is 12.5. The zero-order valence-electron chi connectivity index (χ0n) is 16.9. The summed E-state index contributed by atoms with van der Waals surface area (Å²) in [5.41, 5.74) is 4.29. The first-order valence-electron chi connectivity index (χ1n) is 10.3. The van der Waals surface area contributed by atoms with E-state index in [1.807, 2.05) is 36.4 Å². The van der Waals surface area contributed by atoms with Gasteiger partial charge in [-0.15, -0.1) is 0 Å². The topological polar surface area (TPSA) is 73.2 Å². The molecule has 1 aliphatic rings. The van der Waals surface area contributed by atoms with Gasteiger partial charge in [-0.2, -0.15) is 4.98 Å². The Morgan fingerprint density at radius 3 is 2.61 bits per heavy atom. The van der Waals surface area contributed by atoms with Crippen molar-refractivity contribution in [2.75, 3.05) is 11.9 Å². The fraction of sp³-hybridized carbons (Fsp3) is 0.160. The lowest BCUT2D eigenvalue weighted by Crippen LogP contribution is -2.26. The van der Waals surface area contributed by atoms with Crippen molar-refractivity contribution >= 4 is 22.5 Å². The minimum Gasteiger partial charge on any atom is -0.454 e. The summed E-state index contributed by atoms with van der Waals surface area (Å²) in [6.45, 7) is -0.255. The Hall–Kier alpha value is -3.93. The largest absolute Gasteiger partial charge is 0.454 e. The zero-order chi connectivity index (χ0) is 21.2. The molecule has 0 bridgehead atoms. The van der Waals surface area contributed by atoms with Crippen molar-refractivity contribution in [2.24, 2.45) is 0 Å². The lowest BCUT2D eigenvalue weighted by molar-refractivity contribution is -0.118. The van der Waals surface area contributed by atoms with E-state index in [1.54, 1.807) is 30.3 Å². The van der Waals surface area contributed by atoms with Gasteiger partial charge in [-0.05, 0) is 66.8 Å². The van der Waals surface area contributed by atoms with Gasteiger partial charge in [0.2, 0.25) is 0 Å². The van der Waals surface area contributed by atoms with Crippen LogP contribution < -0.4 is 15.6 Å². The molecule has 1 amide bonds. The van der Waals surface area contributed by atoms with Crippen LogP contribution in [0.15, 0.2) is 77.6 Å². The van der Waals surface area contributed by atoms with Gasteiger partial charge in [0.1, 0.15) is 0 Å². The molecule has 1 aromatic heterocycles. The monoisotopic (exact) mass is 411 g/mol. The smallest absolute Gasteiger partial charge is 0.305 e. The van der Waals surface area contributed by atoms with Crippen LogP contribution in [-0.2, 0) is 17.6 Å². The van der Waals surface area contributed by atoms with E-state index in [9.17, 15) is 9.59 Å². The molecule has 0 fully saturated rings. The predicted molar refractivity (Wildman–Crippen MR) is 120 cm³/mol. The van der Waals surface area contributed by atoms with Gasteiger partial charge in [0.25, 0.3) is 11.5 Å². The summed E-state index contributed by atoms with van der Waals surface area (Å²) in [4.78, 5) is 30.2. The van der Waals surface area contributed by atoms with Crippen molar-refractivity contribution in [3.05, 3.63) is 94.3 Å². The number of hydrogen-bond donors (Lipinski definition) is 1. The third kappa shape index (κ3) is 3.80. The van der Waals surface area contributed by atoms with Crippen LogP contribution in [0.5, 0.6) is 6.01 Å². The van der Waals surface area contributed by atoms with Gasteiger partial charge in [-0.1, -0.05) is 36.4 Å². The first-order chi connectivity index (χ1) is 15.2. The number of ether oxygens (including phenoxy) is 1. The molecule has 1 aliphatic carbocycles. The lowest BCUT2D eigenvalue weighted by atomic mass is 10.1. The number of carbonyl (C=O) groups excluding carboxylic acids is 1. The Morgan fingerprint density at radius 2 is 1.74 bits per heavy atom. The molecule has 0 spiro atoms. The number of nitrogens with one attached hydrogen (secondary N) is 1. The number of benzene rings is 3. The van der Waals surface area contributed by atoms with Crippen molar-refractivity contribution in [3.63, 3.8) is 0 Å². The molecule has 5 rings (SSSR count). The molecule has 154 valence electrons. The van der Waals surface area contributed by atoms with Gasteiger partial charge >= 0.3 is 6.01 Å². The maximum absolute atomic E-state index is 13.1. The quantitative estimate of drug-likeness (QED) is 0.541. The highest BCUT2D eigenvalue weighted by Gasteiger charge is 2.16. The summed E-state index contributed by atoms with van der Waals surface area (Å²) in [5, 5.41) is 3.36. The van der Waals surface area contributed by atoms with Crippen LogP contribution >= 0.6 is 0 Å². The molecule has 0 radical (unpaired) electrons. The van der Waals surface area contributed by atoms with Crippen LogP contribution in [0.25, 0.3) is 16.6 Å². The number of amides is 1. The number of hydrogen-bond acceptors (Lipinski definition) is 4. The summed E-state index contributed by atoms with van der Waals surface area (Å²) in [7, 11) is 0. The van der Waals surface area contributed by atoms with E-state index < -0.39 is 0 Å². The summed E-state index contributed by atoms with van der Waals surface area (Å²) < 4.78 is 7.14. The van der Waals surface area contributed by atoms with Crippen molar-refractivity contribution in [1.82, 2.24) is 9.55 Å². The highest BCUT2D eigenvalue weighted by molar-refractivity contribution is 5.92. The second-order valence-electron chi connectivity index (χ2n) is 7.56. The summed E-state index contributed by atoms with van der Waals surface area (Å²) >= 11 is 0. The molecule has 6 nitrogen and oxygen atoms in total. The Labute approximate surface area is 179 Å². The number of para-hydroxylation sites is 2. The lowest BCUT2D eigenvalue weighted by Gasteiger charge is -2.14. The second-order valence-corrected chi connectivity index (χ2v) is 7.56. The maximum Gasteiger partial charge on any atom is 0.305 e. The van der Waals surface area contributed by atoms with Crippen LogP contribution in [0.4, 0.5) is 5.69 Å². The van der Waals surface area contributed by atoms with Crippen LogP contribution in [0.2, 0.25) is 0 Å². The molecule has 0 aliphatic heterocycles. The minimum atomic E-state index is -0.306. The Morgan fingerprint density at radius 1 is 0.968 bits per heavy atom. The van der Waals surface area contributed by atoms with Crippen molar-refractivity contribution in [3.8, 4) is 11.7 Å². The van der Waals surface area contributed by atoms with E-state index in [1.165, 1.54) is 15.7 Å². The molecular formula is C25H21N3O3. The van der Waals surface area contributed by atoms with E-state index in [-0.39, 0.29) is 24.1 Å². The Bertz CT molecular complexity index is 1330. The third-order valence-electron chi connectivity index (χ3n) is 5.47. The number of nitrogens with zero attached hydrogens (tertiary/aromatic N) is 2. The highest BCUT2D eigenvalue weighted by Crippen LogP contribution is 2.25. The van der Waals surface area contributed by atoms with Crippen molar-refractivity contribution in [1.29, 1.82) is 0 Å². The average Bonchev–Trinajstić information content (AvgIpc) is 3.26. The van der Waals surface area contributed by atoms with E-state index in [4.69, 9.17) is 4.74 Å². The molecule has 31 heavy (non-hydrogen) atoms. The molecular weight excluding hydrogens is 390 g/mol. The number of fused-ring (bicyclic) bond motifs is 2. The van der Waals surface area contributed by atoms with E-state index >= 15 is 0 Å². The van der Waals surface area contributed by atoms with Gasteiger partial charge in [0.15, 0.2) is 6.61 Å². The SMILES string of the molecule is O=C(COc1nc2ccccc2c(=O)n1-c1ccccc1)Nc1ccc2c(c1)CCC2. The van der Waals surface area contributed by atoms with E-state index in [2.05, 4.69) is 16.4 Å². The molecule has 0 unspecified atom stereocenters. The van der Waals surface area contributed by atoms with Gasteiger partial charge in [-0.3, -0.25) is 9.59 Å². The molecule has 6 heteroatoms. The standard InChI is InChI=1S/C25H21N3O3/c29-23(26-19-14-13-17-7-6-8-18(17)15-19)16-31-25-27-22-12-5-4-11-21(22)24(30)28(25)20-9-2-1-3-10-20/h1-5,9-15H,6-8,16H2,(H,26,29). The Balaban J connectivity index is 1.42. The minimum absolute atomic E-state index is 0.0824. The highest BCUT2D eigenvalue weighted by atomic mass is 16.5. The van der Waals surface area contributed by atoms with E-state index in [0.717, 1.165) is 24.9 Å². The summed E-state index contributed by atoms with van der Waals surface area (Å²) in [6.07, 6.45) is 3.29. The van der Waals surface area contributed by atoms with Crippen molar-refractivity contribution in [2.45, 2.75) is 19.3 Å². The molecule has 4 aromatic rings. The Kier molecular flexibility index (Phi) is 4.96. The van der Waals surface area contributed by atoms with Gasteiger partial charge in [0.05, 0.1) is 16.6 Å². The fourth-order valence-electron chi connectivity index (χ4n) is 3.99. The van der Waals surface area contributed by atoms with Crippen LogP contribution in [-0.4, -0.2) is 22.1 Å². The average molecular weight is 411 g/mol.